The van der Waals surface area contributed by atoms with Crippen LogP contribution in [0, 0.1) is 5.92 Å². The minimum Gasteiger partial charge on any atom is -0.481 e. The predicted molar refractivity (Wildman–Crippen MR) is 75.6 cm³/mol. The minimum atomic E-state index is -0.685. The molecule has 0 spiro atoms. The summed E-state index contributed by atoms with van der Waals surface area (Å²) in [6.45, 7) is 2.16. The van der Waals surface area contributed by atoms with E-state index in [-0.39, 0.29) is 6.42 Å². The normalized spacial score (nSPS) is 22.1. The molecule has 3 rings (SSSR count). The molecule has 0 aromatic heterocycles. The lowest BCUT2D eigenvalue weighted by Crippen LogP contribution is -2.31. The van der Waals surface area contributed by atoms with E-state index in [1.54, 1.807) is 0 Å². The lowest BCUT2D eigenvalue weighted by Gasteiger charge is -2.31. The second-order valence-corrected chi connectivity index (χ2v) is 5.89. The molecular formula is C16H21NO2. The highest BCUT2D eigenvalue weighted by Gasteiger charge is 2.31. The molecule has 2 aliphatic rings. The molecule has 1 unspecified atom stereocenters. The first-order valence-electron chi connectivity index (χ1n) is 7.29. The highest BCUT2D eigenvalue weighted by atomic mass is 16.4. The van der Waals surface area contributed by atoms with Crippen LogP contribution >= 0.6 is 0 Å². The van der Waals surface area contributed by atoms with Gasteiger partial charge in [-0.1, -0.05) is 24.6 Å². The van der Waals surface area contributed by atoms with Gasteiger partial charge in [-0.05, 0) is 36.8 Å². The maximum atomic E-state index is 10.8. The van der Waals surface area contributed by atoms with Crippen LogP contribution in [0.5, 0.6) is 0 Å². The van der Waals surface area contributed by atoms with Gasteiger partial charge in [0.25, 0.3) is 0 Å². The molecule has 1 aromatic rings. The van der Waals surface area contributed by atoms with Gasteiger partial charge in [0.2, 0.25) is 0 Å². The van der Waals surface area contributed by atoms with Crippen molar-refractivity contribution in [3.63, 3.8) is 0 Å². The van der Waals surface area contributed by atoms with Gasteiger partial charge >= 0.3 is 5.97 Å². The zero-order valence-electron chi connectivity index (χ0n) is 11.2. The predicted octanol–water partition coefficient (Wildman–Crippen LogP) is 3.26. The molecule has 102 valence electrons. The summed E-state index contributed by atoms with van der Waals surface area (Å²) in [6.07, 6.45) is 5.13. The fraction of sp³-hybridized carbons (Fsp3) is 0.562. The first kappa shape index (κ1) is 12.5. The van der Waals surface area contributed by atoms with Crippen LogP contribution in [0.2, 0.25) is 0 Å². The van der Waals surface area contributed by atoms with E-state index in [1.165, 1.54) is 30.5 Å². The summed E-state index contributed by atoms with van der Waals surface area (Å²) in [7, 11) is 0. The molecule has 1 heterocycles. The zero-order valence-corrected chi connectivity index (χ0v) is 11.2. The number of hydrogen-bond acceptors (Lipinski definition) is 2. The number of nitrogens with zero attached hydrogens (tertiary/aromatic N) is 1. The Bertz CT molecular complexity index is 468. The average molecular weight is 259 g/mol. The van der Waals surface area contributed by atoms with E-state index >= 15 is 0 Å². The van der Waals surface area contributed by atoms with Crippen LogP contribution in [0.3, 0.4) is 0 Å². The second-order valence-electron chi connectivity index (χ2n) is 5.89. The fourth-order valence-electron chi connectivity index (χ4n) is 3.29. The van der Waals surface area contributed by atoms with Gasteiger partial charge in [-0.15, -0.1) is 0 Å². The largest absolute Gasteiger partial charge is 0.481 e. The van der Waals surface area contributed by atoms with Crippen molar-refractivity contribution in [2.24, 2.45) is 5.92 Å². The molecule has 3 heteroatoms. The Balaban J connectivity index is 1.72. The van der Waals surface area contributed by atoms with Crippen LogP contribution in [0.25, 0.3) is 0 Å². The van der Waals surface area contributed by atoms with Crippen LogP contribution in [0.1, 0.15) is 43.6 Å². The van der Waals surface area contributed by atoms with Gasteiger partial charge in [-0.25, -0.2) is 0 Å². The Hall–Kier alpha value is -1.51. The van der Waals surface area contributed by atoms with E-state index in [2.05, 4.69) is 29.2 Å². The van der Waals surface area contributed by atoms with Crippen molar-refractivity contribution in [1.82, 2.24) is 0 Å². The van der Waals surface area contributed by atoms with Crippen LogP contribution in [0.4, 0.5) is 5.69 Å². The Kier molecular flexibility index (Phi) is 3.45. The molecule has 0 bridgehead atoms. The molecule has 1 saturated carbocycles. The third kappa shape index (κ3) is 2.60. The fourth-order valence-corrected chi connectivity index (χ4v) is 3.29. The van der Waals surface area contributed by atoms with Crippen molar-refractivity contribution in [2.75, 3.05) is 18.0 Å². The minimum absolute atomic E-state index is 0.274. The number of rotatable bonds is 5. The number of hydrogen-bond donors (Lipinski definition) is 1. The van der Waals surface area contributed by atoms with E-state index in [9.17, 15) is 4.79 Å². The Morgan fingerprint density at radius 1 is 1.32 bits per heavy atom. The van der Waals surface area contributed by atoms with Gasteiger partial charge in [0, 0.05) is 31.1 Å². The summed E-state index contributed by atoms with van der Waals surface area (Å²) in [5.41, 5.74) is 2.69. The molecule has 1 aliphatic heterocycles. The van der Waals surface area contributed by atoms with Gasteiger partial charge in [-0.2, -0.15) is 0 Å². The van der Waals surface area contributed by atoms with Crippen LogP contribution in [0.15, 0.2) is 24.3 Å². The summed E-state index contributed by atoms with van der Waals surface area (Å²) in [5, 5.41) is 8.87. The summed E-state index contributed by atoms with van der Waals surface area (Å²) in [5.74, 6) is 0.564. The summed E-state index contributed by atoms with van der Waals surface area (Å²) < 4.78 is 0. The number of carboxylic acid groups (broad SMARTS) is 1. The Labute approximate surface area is 114 Å². The number of fused-ring (bicyclic) bond motifs is 1. The lowest BCUT2D eigenvalue weighted by atomic mass is 9.85. The highest BCUT2D eigenvalue weighted by Crippen LogP contribution is 2.40. The van der Waals surface area contributed by atoms with Crippen molar-refractivity contribution in [1.29, 1.82) is 0 Å². The molecular weight excluding hydrogens is 238 g/mol. The van der Waals surface area contributed by atoms with Gasteiger partial charge in [-0.3, -0.25) is 4.79 Å². The lowest BCUT2D eigenvalue weighted by molar-refractivity contribution is -0.137. The highest BCUT2D eigenvalue weighted by molar-refractivity contribution is 5.67. The van der Waals surface area contributed by atoms with Gasteiger partial charge in [0.1, 0.15) is 0 Å². The van der Waals surface area contributed by atoms with Crippen molar-refractivity contribution in [3.05, 3.63) is 29.8 Å². The maximum Gasteiger partial charge on any atom is 0.303 e. The van der Waals surface area contributed by atoms with Crippen LogP contribution in [-0.4, -0.2) is 24.2 Å². The van der Waals surface area contributed by atoms with Crippen molar-refractivity contribution in [2.45, 2.75) is 38.0 Å². The quantitative estimate of drug-likeness (QED) is 0.882. The van der Waals surface area contributed by atoms with E-state index in [1.807, 2.05) is 0 Å². The SMILES string of the molecule is O=C(O)CCC1CN(CC2CCC2)c2ccccc21. The first-order chi connectivity index (χ1) is 9.24. The molecule has 0 saturated heterocycles. The Morgan fingerprint density at radius 2 is 2.11 bits per heavy atom. The first-order valence-corrected chi connectivity index (χ1v) is 7.29. The Morgan fingerprint density at radius 3 is 2.79 bits per heavy atom. The number of anilines is 1. The smallest absolute Gasteiger partial charge is 0.303 e. The topological polar surface area (TPSA) is 40.5 Å². The number of para-hydroxylation sites is 1. The summed E-state index contributed by atoms with van der Waals surface area (Å²) in [6, 6.07) is 8.52. The molecule has 0 amide bonds. The van der Waals surface area contributed by atoms with E-state index in [0.29, 0.717) is 5.92 Å². The zero-order chi connectivity index (χ0) is 13.2. The van der Waals surface area contributed by atoms with E-state index < -0.39 is 5.97 Å². The van der Waals surface area contributed by atoms with E-state index in [0.717, 1.165) is 25.4 Å². The van der Waals surface area contributed by atoms with E-state index in [4.69, 9.17) is 5.11 Å². The number of aliphatic carboxylic acids is 1. The molecule has 19 heavy (non-hydrogen) atoms. The van der Waals surface area contributed by atoms with Gasteiger partial charge < -0.3 is 10.0 Å². The van der Waals surface area contributed by atoms with Crippen molar-refractivity contribution >= 4 is 11.7 Å². The standard InChI is InChI=1S/C16H21NO2/c18-16(19)9-8-13-11-17(10-12-4-3-5-12)15-7-2-1-6-14(13)15/h1-2,6-7,12-13H,3-5,8-11H2,(H,18,19). The molecule has 1 aliphatic carbocycles. The molecule has 1 N–H and O–H groups in total. The number of carbonyl (C=O) groups is 1. The molecule has 0 radical (unpaired) electrons. The third-order valence-corrected chi connectivity index (χ3v) is 4.57. The maximum absolute atomic E-state index is 10.8. The van der Waals surface area contributed by atoms with Crippen LogP contribution in [-0.2, 0) is 4.79 Å². The molecule has 1 fully saturated rings. The summed E-state index contributed by atoms with van der Waals surface area (Å²) >= 11 is 0. The van der Waals surface area contributed by atoms with Gasteiger partial charge in [0.15, 0.2) is 0 Å². The number of carboxylic acids is 1. The van der Waals surface area contributed by atoms with Crippen molar-refractivity contribution in [3.8, 4) is 0 Å². The monoisotopic (exact) mass is 259 g/mol. The molecule has 3 nitrogen and oxygen atoms in total. The van der Waals surface area contributed by atoms with Crippen LogP contribution < -0.4 is 4.90 Å². The average Bonchev–Trinajstić information content (AvgIpc) is 2.70. The number of benzene rings is 1. The third-order valence-electron chi connectivity index (χ3n) is 4.57. The van der Waals surface area contributed by atoms with Crippen molar-refractivity contribution < 1.29 is 9.90 Å². The summed E-state index contributed by atoms with van der Waals surface area (Å²) in [4.78, 5) is 13.2. The van der Waals surface area contributed by atoms with Gasteiger partial charge in [0.05, 0.1) is 0 Å². The molecule has 1 aromatic carbocycles. The molecule has 1 atom stereocenters. The second kappa shape index (κ2) is 5.24.